The number of rotatable bonds is 6. The lowest BCUT2D eigenvalue weighted by Crippen LogP contribution is -2.13. The fourth-order valence-corrected chi connectivity index (χ4v) is 3.34. The van der Waals surface area contributed by atoms with Crippen molar-refractivity contribution in [1.82, 2.24) is 14.8 Å². The van der Waals surface area contributed by atoms with Crippen molar-refractivity contribution in [3.63, 3.8) is 0 Å². The Morgan fingerprint density at radius 3 is 2.79 bits per heavy atom. The SMILES string of the molecule is CCc1ccccc1-n1nc(-c2ccoc2)nc1CCC1CCC1. The summed E-state index contributed by atoms with van der Waals surface area (Å²) >= 11 is 0. The summed E-state index contributed by atoms with van der Waals surface area (Å²) in [5.74, 6) is 2.67. The van der Waals surface area contributed by atoms with Crippen molar-refractivity contribution < 1.29 is 4.42 Å². The average molecular weight is 321 g/mol. The van der Waals surface area contributed by atoms with Gasteiger partial charge in [0, 0.05) is 6.42 Å². The van der Waals surface area contributed by atoms with E-state index in [1.165, 1.54) is 31.2 Å². The van der Waals surface area contributed by atoms with Crippen LogP contribution in [0.15, 0.2) is 47.3 Å². The van der Waals surface area contributed by atoms with E-state index in [1.54, 1.807) is 12.5 Å². The zero-order valence-electron chi connectivity index (χ0n) is 14.1. The maximum Gasteiger partial charge on any atom is 0.185 e. The van der Waals surface area contributed by atoms with Gasteiger partial charge in [-0.05, 0) is 36.5 Å². The number of hydrogen-bond donors (Lipinski definition) is 0. The second-order valence-electron chi connectivity index (χ2n) is 6.59. The lowest BCUT2D eigenvalue weighted by atomic mass is 9.82. The van der Waals surface area contributed by atoms with Gasteiger partial charge in [-0.2, -0.15) is 0 Å². The molecule has 1 aliphatic rings. The van der Waals surface area contributed by atoms with Gasteiger partial charge in [0.15, 0.2) is 5.82 Å². The third-order valence-electron chi connectivity index (χ3n) is 5.06. The van der Waals surface area contributed by atoms with E-state index in [9.17, 15) is 0 Å². The van der Waals surface area contributed by atoms with E-state index in [2.05, 4.69) is 31.2 Å². The van der Waals surface area contributed by atoms with Gasteiger partial charge in [-0.25, -0.2) is 9.67 Å². The average Bonchev–Trinajstić information content (AvgIpc) is 3.23. The number of aromatic nitrogens is 3. The van der Waals surface area contributed by atoms with Crippen LogP contribution in [-0.2, 0) is 12.8 Å². The van der Waals surface area contributed by atoms with Crippen molar-refractivity contribution in [2.45, 2.75) is 45.4 Å². The van der Waals surface area contributed by atoms with E-state index < -0.39 is 0 Å². The van der Waals surface area contributed by atoms with Crippen molar-refractivity contribution in [2.24, 2.45) is 5.92 Å². The zero-order valence-corrected chi connectivity index (χ0v) is 14.1. The molecule has 4 rings (SSSR count). The molecule has 0 aliphatic heterocycles. The fourth-order valence-electron chi connectivity index (χ4n) is 3.34. The number of benzene rings is 1. The highest BCUT2D eigenvalue weighted by Gasteiger charge is 2.20. The molecular weight excluding hydrogens is 298 g/mol. The van der Waals surface area contributed by atoms with Crippen LogP contribution < -0.4 is 0 Å². The first kappa shape index (κ1) is 15.2. The van der Waals surface area contributed by atoms with E-state index >= 15 is 0 Å². The highest BCUT2D eigenvalue weighted by Crippen LogP contribution is 2.31. The molecule has 0 atom stereocenters. The molecule has 124 valence electrons. The topological polar surface area (TPSA) is 43.9 Å². The molecule has 0 unspecified atom stereocenters. The monoisotopic (exact) mass is 321 g/mol. The van der Waals surface area contributed by atoms with Crippen LogP contribution in [0.25, 0.3) is 17.1 Å². The summed E-state index contributed by atoms with van der Waals surface area (Å²) in [5, 5.41) is 4.80. The molecule has 0 saturated heterocycles. The largest absolute Gasteiger partial charge is 0.472 e. The molecule has 0 spiro atoms. The van der Waals surface area contributed by atoms with Crippen LogP contribution in [0.3, 0.4) is 0 Å². The van der Waals surface area contributed by atoms with Crippen LogP contribution in [0.1, 0.15) is 44.0 Å². The highest BCUT2D eigenvalue weighted by atomic mass is 16.3. The van der Waals surface area contributed by atoms with Gasteiger partial charge in [-0.3, -0.25) is 0 Å². The molecule has 0 amide bonds. The minimum absolute atomic E-state index is 0.748. The summed E-state index contributed by atoms with van der Waals surface area (Å²) in [6.45, 7) is 2.18. The van der Waals surface area contributed by atoms with Crippen molar-refractivity contribution in [3.8, 4) is 17.1 Å². The maximum absolute atomic E-state index is 5.20. The van der Waals surface area contributed by atoms with Gasteiger partial charge >= 0.3 is 0 Å². The molecule has 1 fully saturated rings. The Balaban J connectivity index is 1.72. The molecule has 2 aromatic heterocycles. The molecule has 4 heteroatoms. The third-order valence-corrected chi connectivity index (χ3v) is 5.06. The number of aryl methyl sites for hydroxylation is 2. The van der Waals surface area contributed by atoms with E-state index in [1.807, 2.05) is 10.7 Å². The Hall–Kier alpha value is -2.36. The smallest absolute Gasteiger partial charge is 0.185 e. The molecule has 0 N–H and O–H groups in total. The van der Waals surface area contributed by atoms with E-state index in [-0.39, 0.29) is 0 Å². The first-order chi connectivity index (χ1) is 11.8. The van der Waals surface area contributed by atoms with Gasteiger partial charge in [0.1, 0.15) is 12.1 Å². The Morgan fingerprint density at radius 2 is 2.08 bits per heavy atom. The Bertz CT molecular complexity index is 800. The van der Waals surface area contributed by atoms with Crippen LogP contribution in [0, 0.1) is 5.92 Å². The van der Waals surface area contributed by atoms with Gasteiger partial charge in [0.2, 0.25) is 0 Å². The quantitative estimate of drug-likeness (QED) is 0.653. The van der Waals surface area contributed by atoms with E-state index in [0.29, 0.717) is 0 Å². The molecule has 0 bridgehead atoms. The molecule has 3 aromatic rings. The Morgan fingerprint density at radius 1 is 1.21 bits per heavy atom. The molecule has 24 heavy (non-hydrogen) atoms. The van der Waals surface area contributed by atoms with Crippen LogP contribution >= 0.6 is 0 Å². The standard InChI is InChI=1S/C20H23N3O/c1-2-16-8-3-4-9-18(16)23-19(11-10-15-6-5-7-15)21-20(22-23)17-12-13-24-14-17/h3-4,8-9,12-15H,2,5-7,10-11H2,1H3. The summed E-state index contributed by atoms with van der Waals surface area (Å²) < 4.78 is 7.25. The fraction of sp³-hybridized carbons (Fsp3) is 0.400. The summed E-state index contributed by atoms with van der Waals surface area (Å²) in [6.07, 6.45) is 10.7. The number of para-hydroxylation sites is 1. The van der Waals surface area contributed by atoms with Gasteiger partial charge in [-0.15, -0.1) is 5.10 Å². The Labute approximate surface area is 142 Å². The first-order valence-corrected chi connectivity index (χ1v) is 8.92. The van der Waals surface area contributed by atoms with Crippen molar-refractivity contribution in [3.05, 3.63) is 54.2 Å². The predicted molar refractivity (Wildman–Crippen MR) is 94.1 cm³/mol. The molecule has 1 saturated carbocycles. The number of furan rings is 1. The molecule has 1 aliphatic carbocycles. The third kappa shape index (κ3) is 2.88. The van der Waals surface area contributed by atoms with E-state index in [4.69, 9.17) is 14.5 Å². The van der Waals surface area contributed by atoms with Gasteiger partial charge in [-0.1, -0.05) is 44.4 Å². The molecule has 1 aromatic carbocycles. The highest BCUT2D eigenvalue weighted by molar-refractivity contribution is 5.53. The number of hydrogen-bond acceptors (Lipinski definition) is 3. The minimum Gasteiger partial charge on any atom is -0.472 e. The summed E-state index contributed by atoms with van der Waals surface area (Å²) in [5.41, 5.74) is 3.38. The molecule has 0 radical (unpaired) electrons. The second-order valence-corrected chi connectivity index (χ2v) is 6.59. The molecule has 4 nitrogen and oxygen atoms in total. The van der Waals surface area contributed by atoms with Crippen molar-refractivity contribution in [1.29, 1.82) is 0 Å². The first-order valence-electron chi connectivity index (χ1n) is 8.92. The zero-order chi connectivity index (χ0) is 16.4. The van der Waals surface area contributed by atoms with Crippen LogP contribution in [0.4, 0.5) is 0 Å². The molecular formula is C20H23N3O. The number of nitrogens with zero attached hydrogens (tertiary/aromatic N) is 3. The van der Waals surface area contributed by atoms with E-state index in [0.717, 1.165) is 41.7 Å². The lowest BCUT2D eigenvalue weighted by Gasteiger charge is -2.24. The van der Waals surface area contributed by atoms with Gasteiger partial charge < -0.3 is 4.42 Å². The maximum atomic E-state index is 5.20. The Kier molecular flexibility index (Phi) is 4.20. The van der Waals surface area contributed by atoms with Gasteiger partial charge in [0.05, 0.1) is 17.5 Å². The van der Waals surface area contributed by atoms with Crippen molar-refractivity contribution >= 4 is 0 Å². The molecule has 2 heterocycles. The second kappa shape index (κ2) is 6.63. The van der Waals surface area contributed by atoms with Gasteiger partial charge in [0.25, 0.3) is 0 Å². The van der Waals surface area contributed by atoms with Crippen molar-refractivity contribution in [2.75, 3.05) is 0 Å². The van der Waals surface area contributed by atoms with Crippen LogP contribution in [0.5, 0.6) is 0 Å². The summed E-state index contributed by atoms with van der Waals surface area (Å²) in [6, 6.07) is 10.4. The lowest BCUT2D eigenvalue weighted by molar-refractivity contribution is 0.294. The van der Waals surface area contributed by atoms with Crippen LogP contribution in [-0.4, -0.2) is 14.8 Å². The normalized spacial score (nSPS) is 14.7. The summed E-state index contributed by atoms with van der Waals surface area (Å²) in [4.78, 5) is 4.83. The predicted octanol–water partition coefficient (Wildman–Crippen LogP) is 4.82. The summed E-state index contributed by atoms with van der Waals surface area (Å²) in [7, 11) is 0. The minimum atomic E-state index is 0.748. The van der Waals surface area contributed by atoms with Crippen LogP contribution in [0.2, 0.25) is 0 Å².